The van der Waals surface area contributed by atoms with Crippen molar-refractivity contribution in [2.75, 3.05) is 13.7 Å². The van der Waals surface area contributed by atoms with Crippen molar-refractivity contribution >= 4 is 27.3 Å². The summed E-state index contributed by atoms with van der Waals surface area (Å²) in [5.74, 6) is -1.20. The molecule has 0 fully saturated rings. The molecule has 0 aliphatic carbocycles. The summed E-state index contributed by atoms with van der Waals surface area (Å²) in [5, 5.41) is 9.50. The van der Waals surface area contributed by atoms with Gasteiger partial charge in [0.2, 0.25) is 0 Å². The molecule has 3 heterocycles. The van der Waals surface area contributed by atoms with Gasteiger partial charge in [-0.1, -0.05) is 0 Å². The van der Waals surface area contributed by atoms with Crippen LogP contribution in [-0.4, -0.2) is 53.5 Å². The maximum absolute atomic E-state index is 13.0. The van der Waals surface area contributed by atoms with E-state index in [1.165, 1.54) is 18.5 Å². The van der Waals surface area contributed by atoms with Crippen LogP contribution in [0.4, 0.5) is 0 Å². The molecule has 0 aromatic carbocycles. The number of aromatic nitrogens is 2. The van der Waals surface area contributed by atoms with Crippen LogP contribution in [-0.2, 0) is 38.9 Å². The summed E-state index contributed by atoms with van der Waals surface area (Å²) in [7, 11) is -2.36. The summed E-state index contributed by atoms with van der Waals surface area (Å²) in [6.07, 6.45) is 3.55. The van der Waals surface area contributed by atoms with Crippen molar-refractivity contribution in [1.82, 2.24) is 14.3 Å². The van der Waals surface area contributed by atoms with E-state index >= 15 is 0 Å². The summed E-state index contributed by atoms with van der Waals surface area (Å²) in [5.41, 5.74) is 1.01. The molecular formula is C15H17N3O5S2. The van der Waals surface area contributed by atoms with Gasteiger partial charge in [0.1, 0.15) is 10.3 Å². The van der Waals surface area contributed by atoms with E-state index in [0.29, 0.717) is 24.4 Å². The monoisotopic (exact) mass is 383 g/mol. The molecule has 0 radical (unpaired) electrons. The molecule has 1 atom stereocenters. The molecule has 10 heteroatoms. The summed E-state index contributed by atoms with van der Waals surface area (Å²) < 4.78 is 32.1. The van der Waals surface area contributed by atoms with E-state index in [1.807, 2.05) is 0 Å². The zero-order valence-corrected chi connectivity index (χ0v) is 15.1. The molecule has 0 saturated carbocycles. The number of carbonyl (C=O) groups is 1. The Morgan fingerprint density at radius 3 is 2.76 bits per heavy atom. The lowest BCUT2D eigenvalue weighted by Gasteiger charge is -2.31. The fourth-order valence-electron chi connectivity index (χ4n) is 2.65. The zero-order valence-electron chi connectivity index (χ0n) is 13.5. The molecule has 2 aromatic rings. The number of ether oxygens (including phenoxy) is 1. The lowest BCUT2D eigenvalue weighted by Crippen LogP contribution is -2.48. The Kier molecular flexibility index (Phi) is 5.13. The highest BCUT2D eigenvalue weighted by molar-refractivity contribution is 7.91. The lowest BCUT2D eigenvalue weighted by molar-refractivity contribution is -0.141. The molecule has 0 amide bonds. The second-order valence-electron chi connectivity index (χ2n) is 5.52. The molecule has 8 nitrogen and oxygen atoms in total. The number of carboxylic acids is 1. The highest BCUT2D eigenvalue weighted by Gasteiger charge is 2.41. The van der Waals surface area contributed by atoms with E-state index in [4.69, 9.17) is 4.74 Å². The topological polar surface area (TPSA) is 110 Å². The number of fused-ring (bicyclic) bond motifs is 1. The first-order chi connectivity index (χ1) is 11.9. The first kappa shape index (κ1) is 17.9. The van der Waals surface area contributed by atoms with Crippen molar-refractivity contribution in [3.8, 4) is 0 Å². The second kappa shape index (κ2) is 7.16. The zero-order chi connectivity index (χ0) is 18.0. The van der Waals surface area contributed by atoms with Crippen molar-refractivity contribution in [2.24, 2.45) is 0 Å². The van der Waals surface area contributed by atoms with Gasteiger partial charge in [0.25, 0.3) is 10.0 Å². The van der Waals surface area contributed by atoms with Crippen molar-refractivity contribution < 1.29 is 23.1 Å². The van der Waals surface area contributed by atoms with Crippen LogP contribution in [0.2, 0.25) is 0 Å². The van der Waals surface area contributed by atoms with Gasteiger partial charge in [-0.15, -0.1) is 11.3 Å². The maximum Gasteiger partial charge on any atom is 0.322 e. The number of sulfonamides is 1. The molecular weight excluding hydrogens is 366 g/mol. The molecule has 1 aliphatic heterocycles. The molecule has 3 rings (SSSR count). The van der Waals surface area contributed by atoms with Gasteiger partial charge in [-0.05, 0) is 12.1 Å². The highest BCUT2D eigenvalue weighted by Crippen LogP contribution is 2.31. The van der Waals surface area contributed by atoms with E-state index in [1.54, 1.807) is 13.2 Å². The fourth-order valence-corrected chi connectivity index (χ4v) is 5.66. The molecule has 0 unspecified atom stereocenters. The van der Waals surface area contributed by atoms with Crippen LogP contribution in [0.3, 0.4) is 0 Å². The molecule has 2 aromatic heterocycles. The molecule has 0 saturated heterocycles. The van der Waals surface area contributed by atoms with E-state index in [-0.39, 0.29) is 17.2 Å². The van der Waals surface area contributed by atoms with Crippen molar-refractivity contribution in [3.05, 3.63) is 40.8 Å². The third kappa shape index (κ3) is 3.56. The molecule has 1 N–H and O–H groups in total. The van der Waals surface area contributed by atoms with Gasteiger partial charge in [0.05, 0.1) is 24.5 Å². The first-order valence-corrected chi connectivity index (χ1v) is 9.80. The average Bonchev–Trinajstić information content (AvgIpc) is 3.08. The van der Waals surface area contributed by atoms with Gasteiger partial charge < -0.3 is 9.84 Å². The van der Waals surface area contributed by atoms with Crippen molar-refractivity contribution in [2.45, 2.75) is 29.6 Å². The Balaban J connectivity index is 1.94. The number of carboxylic acid groups (broad SMARTS) is 1. The summed E-state index contributed by atoms with van der Waals surface area (Å²) in [4.78, 5) is 20.8. The molecule has 1 aliphatic rings. The van der Waals surface area contributed by atoms with Crippen LogP contribution >= 0.6 is 11.3 Å². The van der Waals surface area contributed by atoms with Gasteiger partial charge in [0, 0.05) is 37.2 Å². The Hall–Kier alpha value is -1.88. The van der Waals surface area contributed by atoms with Crippen LogP contribution in [0.1, 0.15) is 16.3 Å². The fraction of sp³-hybridized carbons (Fsp3) is 0.400. The number of methoxy groups -OCH3 is 1. The van der Waals surface area contributed by atoms with Gasteiger partial charge in [-0.3, -0.25) is 14.8 Å². The van der Waals surface area contributed by atoms with Gasteiger partial charge in [-0.2, -0.15) is 4.31 Å². The molecule has 134 valence electrons. The smallest absolute Gasteiger partial charge is 0.322 e. The number of aliphatic carboxylic acids is 1. The van der Waals surface area contributed by atoms with Gasteiger partial charge in [0.15, 0.2) is 0 Å². The van der Waals surface area contributed by atoms with Gasteiger partial charge in [-0.25, -0.2) is 8.42 Å². The average molecular weight is 383 g/mol. The lowest BCUT2D eigenvalue weighted by atomic mass is 10.1. The summed E-state index contributed by atoms with van der Waals surface area (Å²) in [6, 6.07) is 2.04. The SMILES string of the molecule is COCCc1ccc(S(=O)(=O)N2Cc3nccnc3C[C@@H]2C(=O)O)s1. The van der Waals surface area contributed by atoms with Crippen molar-refractivity contribution in [1.29, 1.82) is 0 Å². The summed E-state index contributed by atoms with van der Waals surface area (Å²) in [6.45, 7) is 0.387. The van der Waals surface area contributed by atoms with Crippen LogP contribution in [0.25, 0.3) is 0 Å². The standard InChI is InChI=1S/C15H17N3O5S2/c1-23-7-4-10-2-3-14(24-10)25(21,22)18-9-12-11(16-5-6-17-12)8-13(18)15(19)20/h2-3,5-6,13H,4,7-9H2,1H3,(H,19,20)/t13-/m1/s1. The number of nitrogens with zero attached hydrogens (tertiary/aromatic N) is 3. The third-order valence-electron chi connectivity index (χ3n) is 3.94. The maximum atomic E-state index is 13.0. The molecule has 25 heavy (non-hydrogen) atoms. The van der Waals surface area contributed by atoms with Crippen LogP contribution in [0.5, 0.6) is 0 Å². The first-order valence-electron chi connectivity index (χ1n) is 7.54. The van der Waals surface area contributed by atoms with E-state index < -0.39 is 22.0 Å². The van der Waals surface area contributed by atoms with E-state index in [2.05, 4.69) is 9.97 Å². The Bertz CT molecular complexity index is 881. The predicted octanol–water partition coefficient (Wildman–Crippen LogP) is 0.927. The van der Waals surface area contributed by atoms with E-state index in [0.717, 1.165) is 20.5 Å². The largest absolute Gasteiger partial charge is 0.480 e. The van der Waals surface area contributed by atoms with E-state index in [9.17, 15) is 18.3 Å². The minimum absolute atomic E-state index is 0.000353. The predicted molar refractivity (Wildman–Crippen MR) is 89.8 cm³/mol. The number of thiophene rings is 1. The van der Waals surface area contributed by atoms with Gasteiger partial charge >= 0.3 is 5.97 Å². The normalized spacial score (nSPS) is 18.0. The number of hydrogen-bond acceptors (Lipinski definition) is 7. The van der Waals surface area contributed by atoms with Crippen LogP contribution in [0, 0.1) is 0 Å². The molecule has 0 spiro atoms. The Morgan fingerprint density at radius 1 is 1.36 bits per heavy atom. The van der Waals surface area contributed by atoms with Crippen LogP contribution < -0.4 is 0 Å². The Morgan fingerprint density at radius 2 is 2.08 bits per heavy atom. The Labute approximate surface area is 149 Å². The highest BCUT2D eigenvalue weighted by atomic mass is 32.2. The minimum Gasteiger partial charge on any atom is -0.480 e. The van der Waals surface area contributed by atoms with Crippen LogP contribution in [0.15, 0.2) is 28.7 Å². The number of hydrogen-bond donors (Lipinski definition) is 1. The molecule has 0 bridgehead atoms. The number of rotatable bonds is 6. The quantitative estimate of drug-likeness (QED) is 0.790. The second-order valence-corrected chi connectivity index (χ2v) is 8.81. The minimum atomic E-state index is -3.94. The third-order valence-corrected chi connectivity index (χ3v) is 7.41. The summed E-state index contributed by atoms with van der Waals surface area (Å²) >= 11 is 1.13. The van der Waals surface area contributed by atoms with Crippen molar-refractivity contribution in [3.63, 3.8) is 0 Å².